The maximum atomic E-state index is 10.0. The van der Waals surface area contributed by atoms with Crippen LogP contribution in [0.3, 0.4) is 0 Å². The largest absolute Gasteiger partial charge is 0.512 e. The number of rotatable bonds is 4. The van der Waals surface area contributed by atoms with Crippen LogP contribution in [0, 0.1) is 19.9 Å². The van der Waals surface area contributed by atoms with E-state index in [4.69, 9.17) is 19.5 Å². The van der Waals surface area contributed by atoms with Crippen molar-refractivity contribution in [1.29, 1.82) is 0 Å². The van der Waals surface area contributed by atoms with Gasteiger partial charge in [-0.1, -0.05) is 50.2 Å². The van der Waals surface area contributed by atoms with Gasteiger partial charge < -0.3 is 14.1 Å². The third kappa shape index (κ3) is 6.25. The summed E-state index contributed by atoms with van der Waals surface area (Å²) >= 11 is 0. The number of imidazole rings is 1. The molecule has 2 heterocycles. The van der Waals surface area contributed by atoms with Crippen LogP contribution >= 0.6 is 0 Å². The summed E-state index contributed by atoms with van der Waals surface area (Å²) < 4.78 is 8.06. The number of aliphatic hydroxyl groups excluding tert-OH is 1. The number of benzene rings is 3. The van der Waals surface area contributed by atoms with Gasteiger partial charge >= 0.3 is 0 Å². The first-order chi connectivity index (χ1) is 16.8. The quantitative estimate of drug-likeness (QED) is 0.131. The van der Waals surface area contributed by atoms with Crippen LogP contribution in [-0.2, 0) is 24.9 Å². The number of carbonyl (C=O) groups excluding carboxylic acids is 1. The fraction of sp³-hybridized carbons (Fsp3) is 0.138. The molecule has 36 heavy (non-hydrogen) atoms. The molecule has 0 saturated heterocycles. The van der Waals surface area contributed by atoms with Crippen molar-refractivity contribution in [2.45, 2.75) is 27.7 Å². The van der Waals surface area contributed by atoms with Crippen LogP contribution in [0.1, 0.15) is 25.0 Å². The number of hydrogen-bond acceptors (Lipinski definition) is 5. The van der Waals surface area contributed by atoms with Gasteiger partial charge in [-0.2, -0.15) is 4.98 Å². The molecule has 1 radical (unpaired) electrons. The van der Waals surface area contributed by atoms with Gasteiger partial charge in [-0.15, -0.1) is 34.9 Å². The molecule has 0 amide bonds. The first-order valence-electron chi connectivity index (χ1n) is 11.2. The molecule has 6 nitrogen and oxygen atoms in total. The second kappa shape index (κ2) is 11.8. The van der Waals surface area contributed by atoms with Gasteiger partial charge in [-0.25, -0.2) is 4.98 Å². The van der Waals surface area contributed by atoms with Gasteiger partial charge in [0.05, 0.1) is 11.6 Å². The summed E-state index contributed by atoms with van der Waals surface area (Å²) in [4.78, 5) is 19.6. The van der Waals surface area contributed by atoms with Gasteiger partial charge in [-0.05, 0) is 38.1 Å². The number of aliphatic hydroxyl groups is 1. The van der Waals surface area contributed by atoms with Gasteiger partial charge in [0, 0.05) is 37.4 Å². The van der Waals surface area contributed by atoms with Crippen molar-refractivity contribution in [3.8, 4) is 28.5 Å². The van der Waals surface area contributed by atoms with Gasteiger partial charge in [0.25, 0.3) is 5.71 Å². The minimum absolute atomic E-state index is 0. The normalized spacial score (nSPS) is 10.9. The van der Waals surface area contributed by atoms with Crippen molar-refractivity contribution in [2.24, 2.45) is 0 Å². The summed E-state index contributed by atoms with van der Waals surface area (Å²) in [5.41, 5.74) is 6.31. The third-order valence-electron chi connectivity index (χ3n) is 5.06. The zero-order valence-corrected chi connectivity index (χ0v) is 22.8. The molecule has 0 bridgehead atoms. The molecule has 185 valence electrons. The number of aromatic nitrogens is 3. The predicted octanol–water partition coefficient (Wildman–Crippen LogP) is 6.80. The van der Waals surface area contributed by atoms with Crippen LogP contribution in [0.5, 0.6) is 0 Å². The van der Waals surface area contributed by atoms with E-state index in [-0.39, 0.29) is 31.6 Å². The van der Waals surface area contributed by atoms with Crippen LogP contribution in [0.4, 0.5) is 0 Å². The maximum absolute atomic E-state index is 10.0. The van der Waals surface area contributed by atoms with Crippen LogP contribution in [-0.4, -0.2) is 25.4 Å². The topological polar surface area (TPSA) is 81.2 Å². The number of fused-ring (bicyclic) bond motifs is 1. The summed E-state index contributed by atoms with van der Waals surface area (Å²) in [5, 5.41) is 8.36. The smallest absolute Gasteiger partial charge is 0.257 e. The molecule has 0 unspecified atom stereocenters. The number of hydrogen-bond donors (Lipinski definition) is 1. The Morgan fingerprint density at radius 2 is 1.61 bits per heavy atom. The SMILES string of the molecule is CC(=O)/C=C(/C)O.Cc1[c-]c(-c2nc3oc(-c4ccccc4)nc3n2-c2ccccc2)cc(C)c1.[Ir]. The van der Waals surface area contributed by atoms with E-state index >= 15 is 0 Å². The molecule has 0 aliphatic rings. The maximum Gasteiger partial charge on any atom is 0.257 e. The van der Waals surface area contributed by atoms with Crippen molar-refractivity contribution in [1.82, 2.24) is 14.5 Å². The van der Waals surface area contributed by atoms with E-state index in [1.807, 2.05) is 72.2 Å². The summed E-state index contributed by atoms with van der Waals surface area (Å²) in [6.07, 6.45) is 1.17. The molecule has 2 aromatic heterocycles. The van der Waals surface area contributed by atoms with Gasteiger partial charge in [0.1, 0.15) is 0 Å². The molecule has 0 atom stereocenters. The van der Waals surface area contributed by atoms with Crippen molar-refractivity contribution >= 4 is 17.1 Å². The summed E-state index contributed by atoms with van der Waals surface area (Å²) in [7, 11) is 0. The standard InChI is InChI=1S/C24H18N3O.C5H8O2.Ir/c1-16-13-17(2)15-19(14-16)21-25-24-22(27(21)20-11-7-4-8-12-20)26-23(28-24)18-9-5-3-6-10-18;1-4(6)3-5(2)7;/h3-14H,1-2H3;3,6H,1-2H3;/q-1;;/b;4-3-;. The minimum atomic E-state index is -0.125. The number of allylic oxidation sites excluding steroid dienone is 2. The predicted molar refractivity (Wildman–Crippen MR) is 137 cm³/mol. The Bertz CT molecular complexity index is 1480. The summed E-state index contributed by atoms with van der Waals surface area (Å²) in [6, 6.07) is 27.6. The molecule has 0 aliphatic heterocycles. The number of ketones is 1. The number of aryl methyl sites for hydroxylation is 2. The molecular weight excluding hydrogens is 631 g/mol. The second-order valence-corrected chi connectivity index (χ2v) is 8.27. The van der Waals surface area contributed by atoms with Crippen LogP contribution in [0.2, 0.25) is 0 Å². The zero-order valence-electron chi connectivity index (χ0n) is 20.4. The first-order valence-corrected chi connectivity index (χ1v) is 11.2. The van der Waals surface area contributed by atoms with Crippen LogP contribution < -0.4 is 0 Å². The molecule has 0 fully saturated rings. The monoisotopic (exact) mass is 657 g/mol. The summed E-state index contributed by atoms with van der Waals surface area (Å²) in [5.74, 6) is 1.28. The molecule has 7 heteroatoms. The van der Waals surface area contributed by atoms with E-state index in [9.17, 15) is 4.79 Å². The van der Waals surface area contributed by atoms with E-state index in [1.54, 1.807) is 0 Å². The third-order valence-corrected chi connectivity index (χ3v) is 5.06. The van der Waals surface area contributed by atoms with E-state index in [2.05, 4.69) is 25.1 Å². The van der Waals surface area contributed by atoms with Gasteiger partial charge in [0.2, 0.25) is 5.89 Å². The zero-order chi connectivity index (χ0) is 24.9. The van der Waals surface area contributed by atoms with Crippen LogP contribution in [0.15, 0.2) is 89.0 Å². The number of nitrogens with zero attached hydrogens (tertiary/aromatic N) is 3. The van der Waals surface area contributed by atoms with Gasteiger partial charge in [0.15, 0.2) is 11.4 Å². The Kier molecular flexibility index (Phi) is 8.75. The molecule has 5 aromatic rings. The van der Waals surface area contributed by atoms with E-state index in [1.165, 1.54) is 25.5 Å². The van der Waals surface area contributed by atoms with Crippen molar-refractivity contribution < 1.29 is 34.4 Å². The Morgan fingerprint density at radius 3 is 2.17 bits per heavy atom. The number of para-hydroxylation sites is 1. The van der Waals surface area contributed by atoms with E-state index in [0.717, 1.165) is 28.2 Å². The molecule has 1 N–H and O–H groups in total. The molecule has 5 rings (SSSR count). The average molecular weight is 657 g/mol. The fourth-order valence-electron chi connectivity index (χ4n) is 3.79. The van der Waals surface area contributed by atoms with E-state index < -0.39 is 0 Å². The summed E-state index contributed by atoms with van der Waals surface area (Å²) in [6.45, 7) is 6.97. The van der Waals surface area contributed by atoms with Crippen LogP contribution in [0.25, 0.3) is 39.9 Å². The molecular formula is C29H26IrN3O3-. The molecule has 0 saturated carbocycles. The molecule has 0 spiro atoms. The Labute approximate surface area is 223 Å². The number of oxazole rings is 1. The van der Waals surface area contributed by atoms with Crippen molar-refractivity contribution in [3.63, 3.8) is 0 Å². The Hall–Kier alpha value is -3.80. The Morgan fingerprint density at radius 1 is 0.972 bits per heavy atom. The fourth-order valence-corrected chi connectivity index (χ4v) is 3.79. The Balaban J connectivity index is 0.000000400. The number of carbonyl (C=O) groups is 1. The second-order valence-electron chi connectivity index (χ2n) is 8.27. The minimum Gasteiger partial charge on any atom is -0.512 e. The van der Waals surface area contributed by atoms with Gasteiger partial charge in [-0.3, -0.25) is 4.79 Å². The average Bonchev–Trinajstić information content (AvgIpc) is 3.37. The van der Waals surface area contributed by atoms with Crippen molar-refractivity contribution in [2.75, 3.05) is 0 Å². The first kappa shape index (κ1) is 26.8. The molecule has 0 aliphatic carbocycles. The van der Waals surface area contributed by atoms with Crippen molar-refractivity contribution in [3.05, 3.63) is 102 Å². The van der Waals surface area contributed by atoms with E-state index in [0.29, 0.717) is 17.3 Å². The molecule has 3 aromatic carbocycles.